The second kappa shape index (κ2) is 11.5. The molecular formula is C21H21N5O6S. The molecule has 2 amide bonds. The topological polar surface area (TPSA) is 146 Å². The van der Waals surface area contributed by atoms with Crippen LogP contribution in [0.5, 0.6) is 11.5 Å². The average molecular weight is 471 g/mol. The quantitative estimate of drug-likeness (QED) is 0.320. The number of nitro groups is 1. The first kappa shape index (κ1) is 23.6. The number of nitrogens with one attached hydrogen (secondary N) is 2. The van der Waals surface area contributed by atoms with Crippen molar-refractivity contribution in [3.63, 3.8) is 0 Å². The van der Waals surface area contributed by atoms with Crippen LogP contribution in [0.25, 0.3) is 0 Å². The molecule has 12 heteroatoms. The zero-order valence-corrected chi connectivity index (χ0v) is 18.5. The molecule has 2 heterocycles. The van der Waals surface area contributed by atoms with Gasteiger partial charge in [-0.25, -0.2) is 4.98 Å². The molecule has 2 aromatic heterocycles. The first-order valence-corrected chi connectivity index (χ1v) is 10.7. The summed E-state index contributed by atoms with van der Waals surface area (Å²) in [6, 6.07) is 5.94. The smallest absolute Gasteiger partial charge is 0.286 e. The molecular weight excluding hydrogens is 450 g/mol. The summed E-state index contributed by atoms with van der Waals surface area (Å²) < 4.78 is 10.8. The van der Waals surface area contributed by atoms with Crippen LogP contribution >= 0.6 is 11.3 Å². The molecule has 3 aromatic rings. The predicted octanol–water partition coefficient (Wildman–Crippen LogP) is 2.47. The van der Waals surface area contributed by atoms with Crippen molar-refractivity contribution in [3.05, 3.63) is 74.5 Å². The maximum Gasteiger partial charge on any atom is 0.286 e. The van der Waals surface area contributed by atoms with Gasteiger partial charge in [0.25, 0.3) is 11.6 Å². The average Bonchev–Trinajstić information content (AvgIpc) is 3.35. The molecule has 0 radical (unpaired) electrons. The molecule has 0 aliphatic rings. The second-order valence-corrected chi connectivity index (χ2v) is 7.40. The fraction of sp³-hybridized carbons (Fsp3) is 0.238. The minimum atomic E-state index is -0.701. The van der Waals surface area contributed by atoms with E-state index in [-0.39, 0.29) is 42.5 Å². The Morgan fingerprint density at radius 2 is 1.97 bits per heavy atom. The number of ether oxygens (including phenoxy) is 2. The number of carbonyl (C=O) groups excluding carboxylic acids is 2. The standard InChI is InChI=1S/C21H21N5O6S/c1-31-18-8-16(17(26(29)30)9-19(18)32-11-15-12-33-13-25-15)21(28)23-7-4-20(27)24-10-14-2-5-22-6-3-14/h2-3,5-6,8-9,12-13H,4,7,10-11H2,1H3,(H,23,28)(H,24,27). The fourth-order valence-corrected chi connectivity index (χ4v) is 3.33. The maximum atomic E-state index is 12.6. The van der Waals surface area contributed by atoms with Gasteiger partial charge in [0.05, 0.1) is 29.3 Å². The zero-order valence-electron chi connectivity index (χ0n) is 17.6. The van der Waals surface area contributed by atoms with Gasteiger partial charge in [0.1, 0.15) is 12.2 Å². The lowest BCUT2D eigenvalue weighted by Crippen LogP contribution is -2.30. The summed E-state index contributed by atoms with van der Waals surface area (Å²) in [5.41, 5.74) is 2.56. The number of benzene rings is 1. The first-order chi connectivity index (χ1) is 16.0. The Balaban J connectivity index is 1.61. The minimum absolute atomic E-state index is 0.00254. The molecule has 0 bridgehead atoms. The van der Waals surface area contributed by atoms with Gasteiger partial charge in [0.15, 0.2) is 11.5 Å². The lowest BCUT2D eigenvalue weighted by atomic mass is 10.1. The summed E-state index contributed by atoms with van der Waals surface area (Å²) in [6.07, 6.45) is 3.26. The molecule has 0 aliphatic heterocycles. The van der Waals surface area contributed by atoms with E-state index >= 15 is 0 Å². The van der Waals surface area contributed by atoms with Crippen molar-refractivity contribution < 1.29 is 24.0 Å². The van der Waals surface area contributed by atoms with Gasteiger partial charge >= 0.3 is 0 Å². The van der Waals surface area contributed by atoms with Gasteiger partial charge in [-0.15, -0.1) is 11.3 Å². The van der Waals surface area contributed by atoms with Crippen molar-refractivity contribution in [1.29, 1.82) is 0 Å². The number of amides is 2. The molecule has 33 heavy (non-hydrogen) atoms. The Morgan fingerprint density at radius 3 is 2.64 bits per heavy atom. The van der Waals surface area contributed by atoms with Gasteiger partial charge in [-0.05, 0) is 17.7 Å². The van der Waals surface area contributed by atoms with E-state index in [4.69, 9.17) is 9.47 Å². The van der Waals surface area contributed by atoms with Crippen molar-refractivity contribution in [1.82, 2.24) is 20.6 Å². The first-order valence-electron chi connectivity index (χ1n) is 9.78. The summed E-state index contributed by atoms with van der Waals surface area (Å²) in [4.78, 5) is 43.5. The van der Waals surface area contributed by atoms with Crippen LogP contribution < -0.4 is 20.1 Å². The van der Waals surface area contributed by atoms with Crippen LogP contribution in [0.15, 0.2) is 47.5 Å². The normalized spacial score (nSPS) is 10.3. The molecule has 1 aromatic carbocycles. The van der Waals surface area contributed by atoms with Gasteiger partial charge in [0.2, 0.25) is 5.91 Å². The van der Waals surface area contributed by atoms with Crippen molar-refractivity contribution in [2.45, 2.75) is 19.6 Å². The zero-order chi connectivity index (χ0) is 23.6. The molecule has 2 N–H and O–H groups in total. The van der Waals surface area contributed by atoms with Crippen LogP contribution in [0, 0.1) is 10.1 Å². The third kappa shape index (κ3) is 6.71. The number of pyridine rings is 1. The highest BCUT2D eigenvalue weighted by Crippen LogP contribution is 2.35. The molecule has 3 rings (SSSR count). The lowest BCUT2D eigenvalue weighted by Gasteiger charge is -2.12. The monoisotopic (exact) mass is 471 g/mol. The van der Waals surface area contributed by atoms with Crippen molar-refractivity contribution in [2.24, 2.45) is 0 Å². The van der Waals surface area contributed by atoms with Crippen LogP contribution in [-0.2, 0) is 17.9 Å². The largest absolute Gasteiger partial charge is 0.493 e. The number of carbonyl (C=O) groups is 2. The van der Waals surface area contributed by atoms with Crippen LogP contribution in [0.2, 0.25) is 0 Å². The van der Waals surface area contributed by atoms with Crippen molar-refractivity contribution in [3.8, 4) is 11.5 Å². The third-order valence-corrected chi connectivity index (χ3v) is 5.09. The Morgan fingerprint density at radius 1 is 1.18 bits per heavy atom. The summed E-state index contributed by atoms with van der Waals surface area (Å²) in [6.45, 7) is 0.431. The highest BCUT2D eigenvalue weighted by molar-refractivity contribution is 7.07. The third-order valence-electron chi connectivity index (χ3n) is 4.46. The maximum absolute atomic E-state index is 12.6. The Bertz CT molecular complexity index is 1110. The number of nitrogens with zero attached hydrogens (tertiary/aromatic N) is 3. The van der Waals surface area contributed by atoms with Crippen molar-refractivity contribution >= 4 is 28.8 Å². The number of nitro benzene ring substituents is 1. The Kier molecular flexibility index (Phi) is 8.24. The predicted molar refractivity (Wildman–Crippen MR) is 119 cm³/mol. The van der Waals surface area contributed by atoms with E-state index in [9.17, 15) is 19.7 Å². The van der Waals surface area contributed by atoms with Gasteiger partial charge in [-0.2, -0.15) is 0 Å². The molecule has 0 spiro atoms. The Labute approximate surface area is 192 Å². The highest BCUT2D eigenvalue weighted by atomic mass is 32.1. The van der Waals surface area contributed by atoms with Gasteiger partial charge in [0, 0.05) is 43.4 Å². The molecule has 0 saturated carbocycles. The van der Waals surface area contributed by atoms with Crippen LogP contribution in [-0.4, -0.2) is 40.4 Å². The lowest BCUT2D eigenvalue weighted by molar-refractivity contribution is -0.385. The summed E-state index contributed by atoms with van der Waals surface area (Å²) in [5.74, 6) is -0.696. The number of rotatable bonds is 11. The Hall–Kier alpha value is -4.06. The number of hydrogen-bond acceptors (Lipinski definition) is 9. The van der Waals surface area contributed by atoms with E-state index < -0.39 is 16.5 Å². The molecule has 0 aliphatic carbocycles. The minimum Gasteiger partial charge on any atom is -0.493 e. The molecule has 0 atom stereocenters. The number of aromatic nitrogens is 2. The van der Waals surface area contributed by atoms with Gasteiger partial charge in [-0.1, -0.05) is 0 Å². The van der Waals surface area contributed by atoms with E-state index in [1.165, 1.54) is 24.5 Å². The fourth-order valence-electron chi connectivity index (χ4n) is 2.79. The van der Waals surface area contributed by atoms with E-state index in [2.05, 4.69) is 20.6 Å². The molecule has 11 nitrogen and oxygen atoms in total. The highest BCUT2D eigenvalue weighted by Gasteiger charge is 2.25. The van der Waals surface area contributed by atoms with Crippen molar-refractivity contribution in [2.75, 3.05) is 13.7 Å². The molecule has 0 unspecified atom stereocenters. The number of methoxy groups -OCH3 is 1. The van der Waals surface area contributed by atoms with E-state index in [1.54, 1.807) is 35.4 Å². The molecule has 0 fully saturated rings. The SMILES string of the molecule is COc1cc(C(=O)NCCC(=O)NCc2ccncc2)c([N+](=O)[O-])cc1OCc1cscn1. The molecule has 172 valence electrons. The van der Waals surface area contributed by atoms with Gasteiger partial charge < -0.3 is 20.1 Å². The van der Waals surface area contributed by atoms with Crippen LogP contribution in [0.1, 0.15) is 28.0 Å². The van der Waals surface area contributed by atoms with E-state index in [1.807, 2.05) is 0 Å². The molecule has 0 saturated heterocycles. The summed E-state index contributed by atoms with van der Waals surface area (Å²) in [5, 5.41) is 18.6. The van der Waals surface area contributed by atoms with Crippen LogP contribution in [0.3, 0.4) is 0 Å². The second-order valence-electron chi connectivity index (χ2n) is 6.68. The number of hydrogen-bond donors (Lipinski definition) is 2. The summed E-state index contributed by atoms with van der Waals surface area (Å²) >= 11 is 1.40. The van der Waals surface area contributed by atoms with Gasteiger partial charge in [-0.3, -0.25) is 24.7 Å². The van der Waals surface area contributed by atoms with Crippen LogP contribution in [0.4, 0.5) is 5.69 Å². The summed E-state index contributed by atoms with van der Waals surface area (Å²) in [7, 11) is 1.37. The number of thiazole rings is 1. The van der Waals surface area contributed by atoms with E-state index in [0.29, 0.717) is 12.2 Å². The van der Waals surface area contributed by atoms with E-state index in [0.717, 1.165) is 11.6 Å².